The Balaban J connectivity index is 1.72. The van der Waals surface area contributed by atoms with Crippen molar-refractivity contribution in [1.29, 1.82) is 0 Å². The van der Waals surface area contributed by atoms with E-state index < -0.39 is 5.76 Å². The summed E-state index contributed by atoms with van der Waals surface area (Å²) in [5.41, 5.74) is 1.01. The van der Waals surface area contributed by atoms with Gasteiger partial charge in [0.15, 0.2) is 11.3 Å². The molecule has 0 aliphatic heterocycles. The molecule has 4 aromatic rings. The third-order valence-corrected chi connectivity index (χ3v) is 3.37. The van der Waals surface area contributed by atoms with Gasteiger partial charge in [-0.05, 0) is 24.3 Å². The SMILES string of the molecule is O=c1oc2cc(Cl)ccc2n1Cc1nc(-c2ccco2)no1. The van der Waals surface area contributed by atoms with E-state index in [0.717, 1.165) is 0 Å². The molecular formula is C14H8ClN3O4. The Labute approximate surface area is 127 Å². The molecule has 0 N–H and O–H groups in total. The zero-order chi connectivity index (χ0) is 15.1. The highest BCUT2D eigenvalue weighted by Crippen LogP contribution is 2.20. The van der Waals surface area contributed by atoms with Crippen LogP contribution in [0.3, 0.4) is 0 Å². The molecule has 4 rings (SSSR count). The largest absolute Gasteiger partial charge is 0.461 e. The Morgan fingerprint density at radius 1 is 1.27 bits per heavy atom. The average molecular weight is 318 g/mol. The van der Waals surface area contributed by atoms with E-state index in [4.69, 9.17) is 25.0 Å². The Morgan fingerprint density at radius 3 is 3.00 bits per heavy atom. The summed E-state index contributed by atoms with van der Waals surface area (Å²) < 4.78 is 16.9. The van der Waals surface area contributed by atoms with Crippen molar-refractivity contribution < 1.29 is 13.4 Å². The lowest BCUT2D eigenvalue weighted by atomic mass is 10.3. The van der Waals surface area contributed by atoms with Crippen molar-refractivity contribution in [3.63, 3.8) is 0 Å². The fraction of sp³-hybridized carbons (Fsp3) is 0.0714. The van der Waals surface area contributed by atoms with Gasteiger partial charge in [-0.3, -0.25) is 4.57 Å². The first-order valence-corrected chi connectivity index (χ1v) is 6.74. The van der Waals surface area contributed by atoms with Gasteiger partial charge in [0.05, 0.1) is 11.8 Å². The topological polar surface area (TPSA) is 87.2 Å². The standard InChI is InChI=1S/C14H8ClN3O4/c15-8-3-4-9-11(6-8)21-14(19)18(9)7-12-16-13(17-22-12)10-2-1-5-20-10/h1-6H,7H2. The molecule has 0 fully saturated rings. The first kappa shape index (κ1) is 12.9. The molecule has 0 spiro atoms. The molecule has 0 radical (unpaired) electrons. The number of furan rings is 1. The Morgan fingerprint density at radius 2 is 2.18 bits per heavy atom. The summed E-state index contributed by atoms with van der Waals surface area (Å²) in [7, 11) is 0. The number of oxazole rings is 1. The van der Waals surface area contributed by atoms with Gasteiger partial charge >= 0.3 is 5.76 Å². The predicted molar refractivity (Wildman–Crippen MR) is 76.6 cm³/mol. The third-order valence-electron chi connectivity index (χ3n) is 3.13. The van der Waals surface area contributed by atoms with E-state index in [-0.39, 0.29) is 12.4 Å². The number of nitrogens with zero attached hydrogens (tertiary/aromatic N) is 3. The minimum Gasteiger partial charge on any atom is -0.461 e. The van der Waals surface area contributed by atoms with E-state index in [9.17, 15) is 4.79 Å². The van der Waals surface area contributed by atoms with Crippen molar-refractivity contribution in [2.24, 2.45) is 0 Å². The molecule has 0 bridgehead atoms. The van der Waals surface area contributed by atoms with E-state index in [1.54, 1.807) is 30.3 Å². The molecule has 0 aliphatic rings. The molecule has 0 atom stereocenters. The van der Waals surface area contributed by atoms with Crippen LogP contribution in [-0.2, 0) is 6.54 Å². The minimum atomic E-state index is -0.519. The van der Waals surface area contributed by atoms with Crippen molar-refractivity contribution >= 4 is 22.7 Å². The lowest BCUT2D eigenvalue weighted by Crippen LogP contribution is -2.15. The summed E-state index contributed by atoms with van der Waals surface area (Å²) in [6.45, 7) is 0.0984. The van der Waals surface area contributed by atoms with Crippen LogP contribution in [0, 0.1) is 0 Å². The summed E-state index contributed by atoms with van der Waals surface area (Å²) in [5, 5.41) is 4.31. The van der Waals surface area contributed by atoms with Crippen LogP contribution in [0.1, 0.15) is 5.89 Å². The van der Waals surface area contributed by atoms with Crippen molar-refractivity contribution in [3.05, 3.63) is 58.1 Å². The molecule has 22 heavy (non-hydrogen) atoms. The van der Waals surface area contributed by atoms with Crippen molar-refractivity contribution in [2.75, 3.05) is 0 Å². The predicted octanol–water partition coefficient (Wildman–Crippen LogP) is 2.94. The van der Waals surface area contributed by atoms with Crippen LogP contribution in [0.2, 0.25) is 5.02 Å². The van der Waals surface area contributed by atoms with Crippen molar-refractivity contribution in [3.8, 4) is 11.6 Å². The van der Waals surface area contributed by atoms with Gasteiger partial charge in [-0.15, -0.1) is 0 Å². The quantitative estimate of drug-likeness (QED) is 0.577. The van der Waals surface area contributed by atoms with Gasteiger partial charge in [0.1, 0.15) is 6.54 Å². The lowest BCUT2D eigenvalue weighted by molar-refractivity contribution is 0.366. The highest BCUT2D eigenvalue weighted by molar-refractivity contribution is 6.31. The Hall–Kier alpha value is -2.80. The van der Waals surface area contributed by atoms with Gasteiger partial charge in [-0.25, -0.2) is 4.79 Å². The van der Waals surface area contributed by atoms with Crippen molar-refractivity contribution in [1.82, 2.24) is 14.7 Å². The van der Waals surface area contributed by atoms with Crippen molar-refractivity contribution in [2.45, 2.75) is 6.54 Å². The van der Waals surface area contributed by atoms with E-state index in [1.165, 1.54) is 10.8 Å². The zero-order valence-corrected chi connectivity index (χ0v) is 11.8. The molecule has 0 unspecified atom stereocenters. The molecule has 0 saturated heterocycles. The smallest absolute Gasteiger partial charge is 0.420 e. The fourth-order valence-corrected chi connectivity index (χ4v) is 2.31. The fourth-order valence-electron chi connectivity index (χ4n) is 2.15. The summed E-state index contributed by atoms with van der Waals surface area (Å²) >= 11 is 5.88. The molecule has 8 heteroatoms. The summed E-state index contributed by atoms with van der Waals surface area (Å²) in [4.78, 5) is 16.1. The monoisotopic (exact) mass is 317 g/mol. The maximum atomic E-state index is 11.9. The summed E-state index contributed by atoms with van der Waals surface area (Å²) in [6, 6.07) is 8.40. The molecule has 0 amide bonds. The van der Waals surface area contributed by atoms with Gasteiger partial charge in [-0.1, -0.05) is 16.8 Å². The van der Waals surface area contributed by atoms with Crippen LogP contribution in [0.5, 0.6) is 0 Å². The maximum Gasteiger partial charge on any atom is 0.420 e. The normalized spacial score (nSPS) is 11.3. The van der Waals surface area contributed by atoms with Gasteiger partial charge < -0.3 is 13.4 Å². The highest BCUT2D eigenvalue weighted by Gasteiger charge is 2.15. The molecule has 110 valence electrons. The number of benzene rings is 1. The second kappa shape index (κ2) is 4.88. The number of hydrogen-bond acceptors (Lipinski definition) is 6. The lowest BCUT2D eigenvalue weighted by Gasteiger charge is -1.96. The molecule has 1 aromatic carbocycles. The minimum absolute atomic E-state index is 0.0984. The number of rotatable bonds is 3. The molecule has 3 heterocycles. The average Bonchev–Trinajstić information content (AvgIpc) is 3.20. The summed E-state index contributed by atoms with van der Waals surface area (Å²) in [6.07, 6.45) is 1.52. The summed E-state index contributed by atoms with van der Waals surface area (Å²) in [5.74, 6) is 0.566. The Bertz CT molecular complexity index is 997. The number of fused-ring (bicyclic) bond motifs is 1. The molecular weight excluding hydrogens is 310 g/mol. The second-order valence-corrected chi connectivity index (χ2v) is 4.99. The third kappa shape index (κ3) is 2.11. The number of hydrogen-bond donors (Lipinski definition) is 0. The second-order valence-electron chi connectivity index (χ2n) is 4.56. The highest BCUT2D eigenvalue weighted by atomic mass is 35.5. The number of halogens is 1. The van der Waals surface area contributed by atoms with Gasteiger partial charge in [-0.2, -0.15) is 4.98 Å². The van der Waals surface area contributed by atoms with Crippen LogP contribution < -0.4 is 5.76 Å². The zero-order valence-electron chi connectivity index (χ0n) is 11.0. The van der Waals surface area contributed by atoms with Crippen LogP contribution in [0.15, 0.2) is 54.7 Å². The van der Waals surface area contributed by atoms with E-state index in [0.29, 0.717) is 27.7 Å². The first-order chi connectivity index (χ1) is 10.7. The molecule has 7 nitrogen and oxygen atoms in total. The van der Waals surface area contributed by atoms with E-state index in [2.05, 4.69) is 10.1 Å². The van der Waals surface area contributed by atoms with Crippen LogP contribution in [-0.4, -0.2) is 14.7 Å². The molecule has 3 aromatic heterocycles. The van der Waals surface area contributed by atoms with Gasteiger partial charge in [0.2, 0.25) is 11.7 Å². The van der Waals surface area contributed by atoms with Crippen LogP contribution in [0.4, 0.5) is 0 Å². The Kier molecular flexibility index (Phi) is 2.87. The van der Waals surface area contributed by atoms with Crippen LogP contribution in [0.25, 0.3) is 22.7 Å². The van der Waals surface area contributed by atoms with Gasteiger partial charge in [0.25, 0.3) is 0 Å². The molecule has 0 saturated carbocycles. The first-order valence-electron chi connectivity index (χ1n) is 6.36. The number of aromatic nitrogens is 3. The maximum absolute atomic E-state index is 11.9. The van der Waals surface area contributed by atoms with E-state index >= 15 is 0 Å². The van der Waals surface area contributed by atoms with Gasteiger partial charge in [0, 0.05) is 11.1 Å². The van der Waals surface area contributed by atoms with Crippen LogP contribution >= 0.6 is 11.6 Å². The molecule has 0 aliphatic carbocycles. The van der Waals surface area contributed by atoms with E-state index in [1.807, 2.05) is 0 Å².